The predicted octanol–water partition coefficient (Wildman–Crippen LogP) is 3.68. The van der Waals surface area contributed by atoms with Gasteiger partial charge in [-0.15, -0.1) is 0 Å². The van der Waals surface area contributed by atoms with E-state index < -0.39 is 17.9 Å². The van der Waals surface area contributed by atoms with Gasteiger partial charge in [0.2, 0.25) is 5.91 Å². The van der Waals surface area contributed by atoms with Crippen LogP contribution in [0.25, 0.3) is 0 Å². The van der Waals surface area contributed by atoms with E-state index in [9.17, 15) is 14.4 Å². The van der Waals surface area contributed by atoms with E-state index in [2.05, 4.69) is 32.1 Å². The highest BCUT2D eigenvalue weighted by Gasteiger charge is 2.17. The Hall–Kier alpha value is -2.58. The highest BCUT2D eigenvalue weighted by Crippen LogP contribution is 2.28. The zero-order chi connectivity index (χ0) is 20.7. The smallest absolute Gasteiger partial charge is 0.279 e. The Morgan fingerprint density at radius 1 is 1.11 bits per heavy atom. The van der Waals surface area contributed by atoms with Crippen LogP contribution >= 0.6 is 27.5 Å². The standard InChI is InChI=1S/C19H19BrClN3O4/c1-3-17(25)22-14-7-4-12(5-8-14)19(27)24-23-18(26)11(2)28-16-9-6-13(21)10-15(16)20/h4-11H,3H2,1-2H3,(H,22,25)(H,23,26)(H,24,27). The molecule has 0 spiro atoms. The first kappa shape index (κ1) is 21.7. The van der Waals surface area contributed by atoms with Crippen LogP contribution in [0.1, 0.15) is 30.6 Å². The van der Waals surface area contributed by atoms with Gasteiger partial charge >= 0.3 is 0 Å². The van der Waals surface area contributed by atoms with E-state index in [1.165, 1.54) is 12.1 Å². The number of amides is 3. The molecule has 1 unspecified atom stereocenters. The molecule has 0 aliphatic heterocycles. The number of nitrogens with one attached hydrogen (secondary N) is 3. The molecule has 9 heteroatoms. The van der Waals surface area contributed by atoms with Gasteiger partial charge in [-0.2, -0.15) is 0 Å². The third-order valence-electron chi connectivity index (χ3n) is 3.62. The molecule has 0 aromatic heterocycles. The van der Waals surface area contributed by atoms with Crippen molar-refractivity contribution < 1.29 is 19.1 Å². The SMILES string of the molecule is CCC(=O)Nc1ccc(C(=O)NNC(=O)C(C)Oc2ccc(Cl)cc2Br)cc1. The minimum absolute atomic E-state index is 0.120. The monoisotopic (exact) mass is 467 g/mol. The van der Waals surface area contributed by atoms with Crippen LogP contribution in [0, 0.1) is 0 Å². The molecule has 0 saturated carbocycles. The lowest BCUT2D eigenvalue weighted by molar-refractivity contribution is -0.128. The predicted molar refractivity (Wildman–Crippen MR) is 110 cm³/mol. The highest BCUT2D eigenvalue weighted by atomic mass is 79.9. The summed E-state index contributed by atoms with van der Waals surface area (Å²) in [5.74, 6) is -0.697. The Labute approximate surface area is 175 Å². The topological polar surface area (TPSA) is 96.5 Å². The van der Waals surface area contributed by atoms with Gasteiger partial charge in [-0.3, -0.25) is 25.2 Å². The molecule has 0 aliphatic rings. The van der Waals surface area contributed by atoms with E-state index in [4.69, 9.17) is 16.3 Å². The first-order chi connectivity index (χ1) is 13.3. The molecule has 0 heterocycles. The lowest BCUT2D eigenvalue weighted by Gasteiger charge is -2.16. The summed E-state index contributed by atoms with van der Waals surface area (Å²) >= 11 is 9.17. The Balaban J connectivity index is 1.87. The molecule has 2 aromatic rings. The maximum Gasteiger partial charge on any atom is 0.279 e. The lowest BCUT2D eigenvalue weighted by atomic mass is 10.2. The fourth-order valence-corrected chi connectivity index (χ4v) is 2.84. The van der Waals surface area contributed by atoms with Crippen molar-refractivity contribution in [1.82, 2.24) is 10.9 Å². The van der Waals surface area contributed by atoms with Crippen molar-refractivity contribution in [2.75, 3.05) is 5.32 Å². The normalized spacial score (nSPS) is 11.3. The summed E-state index contributed by atoms with van der Waals surface area (Å²) in [6, 6.07) is 11.2. The molecule has 0 radical (unpaired) electrons. The van der Waals surface area contributed by atoms with Crippen LogP contribution < -0.4 is 20.9 Å². The second kappa shape index (κ2) is 10.1. The minimum atomic E-state index is -0.857. The molecule has 1 atom stereocenters. The van der Waals surface area contributed by atoms with Crippen molar-refractivity contribution in [2.45, 2.75) is 26.4 Å². The van der Waals surface area contributed by atoms with Crippen LogP contribution in [0.4, 0.5) is 5.69 Å². The second-order valence-electron chi connectivity index (χ2n) is 5.76. The van der Waals surface area contributed by atoms with E-state index in [1.807, 2.05) is 0 Å². The number of hydrogen-bond acceptors (Lipinski definition) is 4. The number of benzene rings is 2. The average Bonchev–Trinajstić information content (AvgIpc) is 2.68. The second-order valence-corrected chi connectivity index (χ2v) is 7.05. The van der Waals surface area contributed by atoms with Crippen molar-refractivity contribution in [3.05, 3.63) is 57.5 Å². The van der Waals surface area contributed by atoms with E-state index in [0.717, 1.165) is 0 Å². The van der Waals surface area contributed by atoms with Gasteiger partial charge in [0, 0.05) is 22.7 Å². The summed E-state index contributed by atoms with van der Waals surface area (Å²) in [5, 5.41) is 3.22. The molecule has 0 aliphatic carbocycles. The van der Waals surface area contributed by atoms with Gasteiger partial charge < -0.3 is 10.1 Å². The Morgan fingerprint density at radius 2 is 1.79 bits per heavy atom. The Kier molecular flexibility index (Phi) is 7.83. The molecule has 7 nitrogen and oxygen atoms in total. The summed E-state index contributed by atoms with van der Waals surface area (Å²) in [4.78, 5) is 35.6. The molecule has 2 rings (SSSR count). The van der Waals surface area contributed by atoms with Crippen LogP contribution in [-0.4, -0.2) is 23.8 Å². The van der Waals surface area contributed by atoms with Gasteiger partial charge in [0.1, 0.15) is 5.75 Å². The van der Waals surface area contributed by atoms with Crippen LogP contribution in [0.2, 0.25) is 5.02 Å². The molecule has 0 saturated heterocycles. The van der Waals surface area contributed by atoms with Gasteiger partial charge in [-0.05, 0) is 65.3 Å². The highest BCUT2D eigenvalue weighted by molar-refractivity contribution is 9.10. The molecular weight excluding hydrogens is 450 g/mol. The maximum atomic E-state index is 12.1. The maximum absolute atomic E-state index is 12.1. The summed E-state index contributed by atoms with van der Waals surface area (Å²) in [5.41, 5.74) is 5.54. The number of hydrazine groups is 1. The number of carbonyl (C=O) groups is 3. The number of rotatable bonds is 6. The van der Waals surface area contributed by atoms with Crippen molar-refractivity contribution >= 4 is 50.9 Å². The van der Waals surface area contributed by atoms with Crippen molar-refractivity contribution in [2.24, 2.45) is 0 Å². The average molecular weight is 469 g/mol. The van der Waals surface area contributed by atoms with Gasteiger partial charge in [-0.1, -0.05) is 18.5 Å². The molecular formula is C19H19BrClN3O4. The number of anilines is 1. The largest absolute Gasteiger partial charge is 0.480 e. The van der Waals surface area contributed by atoms with Gasteiger partial charge in [-0.25, -0.2) is 0 Å². The molecule has 148 valence electrons. The van der Waals surface area contributed by atoms with E-state index >= 15 is 0 Å². The van der Waals surface area contributed by atoms with E-state index in [-0.39, 0.29) is 5.91 Å². The quantitative estimate of drug-likeness (QED) is 0.564. The van der Waals surface area contributed by atoms with Crippen LogP contribution in [0.5, 0.6) is 5.75 Å². The molecule has 0 bridgehead atoms. The molecule has 0 fully saturated rings. The van der Waals surface area contributed by atoms with E-state index in [0.29, 0.717) is 32.9 Å². The zero-order valence-electron chi connectivity index (χ0n) is 15.2. The van der Waals surface area contributed by atoms with Gasteiger partial charge in [0.25, 0.3) is 11.8 Å². The summed E-state index contributed by atoms with van der Waals surface area (Å²) < 4.78 is 6.16. The van der Waals surface area contributed by atoms with Crippen LogP contribution in [-0.2, 0) is 9.59 Å². The van der Waals surface area contributed by atoms with Crippen LogP contribution in [0.3, 0.4) is 0 Å². The first-order valence-electron chi connectivity index (χ1n) is 8.42. The minimum Gasteiger partial charge on any atom is -0.480 e. The fraction of sp³-hybridized carbons (Fsp3) is 0.211. The molecule has 2 aromatic carbocycles. The van der Waals surface area contributed by atoms with Crippen molar-refractivity contribution in [3.8, 4) is 5.75 Å². The number of hydrogen-bond donors (Lipinski definition) is 3. The third-order valence-corrected chi connectivity index (χ3v) is 4.47. The fourth-order valence-electron chi connectivity index (χ4n) is 2.06. The summed E-state index contributed by atoms with van der Waals surface area (Å²) in [7, 11) is 0. The number of carbonyl (C=O) groups excluding carboxylic acids is 3. The summed E-state index contributed by atoms with van der Waals surface area (Å²) in [6.45, 7) is 3.30. The van der Waals surface area contributed by atoms with Crippen LogP contribution in [0.15, 0.2) is 46.9 Å². The molecule has 28 heavy (non-hydrogen) atoms. The van der Waals surface area contributed by atoms with E-state index in [1.54, 1.807) is 44.2 Å². The summed E-state index contributed by atoms with van der Waals surface area (Å²) in [6.07, 6.45) is -0.495. The Morgan fingerprint density at radius 3 is 2.39 bits per heavy atom. The zero-order valence-corrected chi connectivity index (χ0v) is 17.6. The first-order valence-corrected chi connectivity index (χ1v) is 9.59. The molecule has 3 amide bonds. The van der Waals surface area contributed by atoms with Crippen molar-refractivity contribution in [3.63, 3.8) is 0 Å². The Bertz CT molecular complexity index is 874. The number of halogens is 2. The van der Waals surface area contributed by atoms with Gasteiger partial charge in [0.05, 0.1) is 4.47 Å². The molecule has 3 N–H and O–H groups in total. The third kappa shape index (κ3) is 6.24. The van der Waals surface area contributed by atoms with Crippen molar-refractivity contribution in [1.29, 1.82) is 0 Å². The van der Waals surface area contributed by atoms with Gasteiger partial charge in [0.15, 0.2) is 6.10 Å². The lowest BCUT2D eigenvalue weighted by Crippen LogP contribution is -2.47. The number of ether oxygens (including phenoxy) is 1.